The topological polar surface area (TPSA) is 74.7 Å². The lowest BCUT2D eigenvalue weighted by Crippen LogP contribution is -2.22. The lowest BCUT2D eigenvalue weighted by molar-refractivity contribution is 0.151. The highest BCUT2D eigenvalue weighted by atomic mass is 16.5. The van der Waals surface area contributed by atoms with Crippen LogP contribution in [0.3, 0.4) is 0 Å². The van der Waals surface area contributed by atoms with Gasteiger partial charge in [-0.2, -0.15) is 0 Å². The number of aromatic nitrogens is 1. The van der Waals surface area contributed by atoms with Crippen molar-refractivity contribution >= 4 is 11.9 Å². The molecule has 0 saturated heterocycles. The summed E-state index contributed by atoms with van der Waals surface area (Å²) in [6.45, 7) is 0.957. The van der Waals surface area contributed by atoms with Crippen LogP contribution in [0.5, 0.6) is 5.75 Å². The molecule has 1 rings (SSSR count). The molecule has 1 aromatic rings. The minimum Gasteiger partial charge on any atom is -0.508 e. The maximum atomic E-state index is 11.2. The molecule has 0 radical (unpaired) electrons. The van der Waals surface area contributed by atoms with E-state index in [2.05, 4.69) is 10.3 Å². The van der Waals surface area contributed by atoms with Crippen LogP contribution in [0.1, 0.15) is 0 Å². The van der Waals surface area contributed by atoms with E-state index in [0.29, 0.717) is 13.2 Å². The fourth-order valence-corrected chi connectivity index (χ4v) is 0.949. The van der Waals surface area contributed by atoms with E-state index in [1.165, 1.54) is 18.3 Å². The van der Waals surface area contributed by atoms with Gasteiger partial charge in [0, 0.05) is 18.8 Å². The van der Waals surface area contributed by atoms with Crippen molar-refractivity contribution in [1.82, 2.24) is 9.88 Å². The molecule has 0 aliphatic heterocycles. The third kappa shape index (κ3) is 4.61. The number of anilines is 1. The summed E-state index contributed by atoms with van der Waals surface area (Å²) >= 11 is 0. The molecule has 6 nitrogen and oxygen atoms in total. The van der Waals surface area contributed by atoms with Crippen LogP contribution >= 0.6 is 0 Å². The van der Waals surface area contributed by atoms with Crippen molar-refractivity contribution in [2.45, 2.75) is 0 Å². The van der Waals surface area contributed by atoms with Crippen LogP contribution in [0, 0.1) is 0 Å². The van der Waals surface area contributed by atoms with Gasteiger partial charge in [0.05, 0.1) is 0 Å². The molecule has 0 aliphatic rings. The van der Waals surface area contributed by atoms with Crippen molar-refractivity contribution < 1.29 is 14.6 Å². The molecule has 0 unspecified atom stereocenters. The predicted octanol–water partition coefficient (Wildman–Crippen LogP) is 0.897. The summed E-state index contributed by atoms with van der Waals surface area (Å²) in [7, 11) is 3.77. The zero-order valence-corrected chi connectivity index (χ0v) is 9.30. The van der Waals surface area contributed by atoms with Gasteiger partial charge in [-0.25, -0.2) is 9.78 Å². The monoisotopic (exact) mass is 225 g/mol. The van der Waals surface area contributed by atoms with Gasteiger partial charge in [0.25, 0.3) is 0 Å². The average Bonchev–Trinajstić information content (AvgIpc) is 2.16. The standard InChI is InChI=1S/C10H15N3O3/c1-13(2)5-6-16-10(15)12-9-7-8(14)3-4-11-9/h3-4,7H,5-6H2,1-2H3,(H2,11,12,14,15). The number of carbonyl (C=O) groups excluding carboxylic acids is 1. The molecule has 0 atom stereocenters. The highest BCUT2D eigenvalue weighted by molar-refractivity contribution is 5.83. The van der Waals surface area contributed by atoms with E-state index < -0.39 is 6.09 Å². The molecular formula is C10H15N3O3. The molecule has 0 fully saturated rings. The van der Waals surface area contributed by atoms with E-state index in [4.69, 9.17) is 9.84 Å². The third-order valence-electron chi connectivity index (χ3n) is 1.75. The minimum absolute atomic E-state index is 0.0404. The Balaban J connectivity index is 2.34. The lowest BCUT2D eigenvalue weighted by Gasteiger charge is -2.10. The van der Waals surface area contributed by atoms with Crippen LogP contribution in [-0.4, -0.2) is 48.3 Å². The van der Waals surface area contributed by atoms with Gasteiger partial charge >= 0.3 is 6.09 Å². The van der Waals surface area contributed by atoms with Gasteiger partial charge < -0.3 is 14.7 Å². The molecule has 1 heterocycles. The van der Waals surface area contributed by atoms with Gasteiger partial charge in [-0.15, -0.1) is 0 Å². The molecule has 1 amide bonds. The number of hydrogen-bond acceptors (Lipinski definition) is 5. The first-order valence-electron chi connectivity index (χ1n) is 4.81. The second-order valence-electron chi connectivity index (χ2n) is 3.46. The Hall–Kier alpha value is -1.82. The normalized spacial score (nSPS) is 10.2. The Bertz CT molecular complexity index is 355. The predicted molar refractivity (Wildman–Crippen MR) is 59.4 cm³/mol. The summed E-state index contributed by atoms with van der Waals surface area (Å²) < 4.78 is 4.88. The van der Waals surface area contributed by atoms with E-state index >= 15 is 0 Å². The second kappa shape index (κ2) is 5.92. The molecule has 0 bridgehead atoms. The van der Waals surface area contributed by atoms with Gasteiger partial charge in [0.15, 0.2) is 0 Å². The van der Waals surface area contributed by atoms with Crippen LogP contribution < -0.4 is 5.32 Å². The Morgan fingerprint density at radius 3 is 3.00 bits per heavy atom. The maximum Gasteiger partial charge on any atom is 0.412 e. The van der Waals surface area contributed by atoms with E-state index in [0.717, 1.165) is 0 Å². The summed E-state index contributed by atoms with van der Waals surface area (Å²) in [6, 6.07) is 2.76. The summed E-state index contributed by atoms with van der Waals surface area (Å²) in [5, 5.41) is 11.5. The van der Waals surface area contributed by atoms with Crippen LogP contribution in [0.25, 0.3) is 0 Å². The smallest absolute Gasteiger partial charge is 0.412 e. The van der Waals surface area contributed by atoms with Gasteiger partial charge in [-0.1, -0.05) is 0 Å². The fourth-order valence-electron chi connectivity index (χ4n) is 0.949. The van der Waals surface area contributed by atoms with Gasteiger partial charge in [-0.3, -0.25) is 5.32 Å². The Morgan fingerprint density at radius 1 is 1.62 bits per heavy atom. The molecule has 88 valence electrons. The first-order chi connectivity index (χ1) is 7.58. The number of rotatable bonds is 4. The SMILES string of the molecule is CN(C)CCOC(=O)Nc1cc(O)ccn1. The molecule has 0 aromatic carbocycles. The van der Waals surface area contributed by atoms with Gasteiger partial charge in [-0.05, 0) is 20.2 Å². The summed E-state index contributed by atoms with van der Waals surface area (Å²) in [4.78, 5) is 17.0. The van der Waals surface area contributed by atoms with Crippen molar-refractivity contribution in [3.05, 3.63) is 18.3 Å². The number of hydrogen-bond donors (Lipinski definition) is 2. The number of carbonyl (C=O) groups is 1. The molecule has 1 aromatic heterocycles. The van der Waals surface area contributed by atoms with Crippen molar-refractivity contribution in [2.24, 2.45) is 0 Å². The van der Waals surface area contributed by atoms with Gasteiger partial charge in [0.2, 0.25) is 0 Å². The van der Waals surface area contributed by atoms with E-state index in [1.807, 2.05) is 19.0 Å². The minimum atomic E-state index is -0.583. The number of nitrogens with zero attached hydrogens (tertiary/aromatic N) is 2. The van der Waals surface area contributed by atoms with Crippen molar-refractivity contribution in [3.63, 3.8) is 0 Å². The Kier molecular flexibility index (Phi) is 4.53. The zero-order chi connectivity index (χ0) is 12.0. The molecular weight excluding hydrogens is 210 g/mol. The molecule has 16 heavy (non-hydrogen) atoms. The highest BCUT2D eigenvalue weighted by Gasteiger charge is 2.04. The Labute approximate surface area is 93.9 Å². The van der Waals surface area contributed by atoms with Crippen LogP contribution in [-0.2, 0) is 4.74 Å². The van der Waals surface area contributed by atoms with Gasteiger partial charge in [0.1, 0.15) is 18.2 Å². The molecule has 2 N–H and O–H groups in total. The number of pyridine rings is 1. The molecule has 6 heteroatoms. The maximum absolute atomic E-state index is 11.2. The van der Waals surface area contributed by atoms with Crippen LogP contribution in [0.2, 0.25) is 0 Å². The number of ether oxygens (including phenoxy) is 1. The van der Waals surface area contributed by atoms with E-state index in [9.17, 15) is 4.79 Å². The van der Waals surface area contributed by atoms with E-state index in [-0.39, 0.29) is 11.6 Å². The summed E-state index contributed by atoms with van der Waals surface area (Å²) in [5.41, 5.74) is 0. The Morgan fingerprint density at radius 2 is 2.38 bits per heavy atom. The summed E-state index contributed by atoms with van der Waals surface area (Å²) in [5.74, 6) is 0.299. The number of amides is 1. The quantitative estimate of drug-likeness (QED) is 0.796. The molecule has 0 saturated carbocycles. The number of nitrogens with one attached hydrogen (secondary N) is 1. The second-order valence-corrected chi connectivity index (χ2v) is 3.46. The van der Waals surface area contributed by atoms with Crippen LogP contribution in [0.15, 0.2) is 18.3 Å². The summed E-state index contributed by atoms with van der Waals surface area (Å²) in [6.07, 6.45) is 0.810. The zero-order valence-electron chi connectivity index (χ0n) is 9.30. The van der Waals surface area contributed by atoms with Crippen molar-refractivity contribution in [3.8, 4) is 5.75 Å². The average molecular weight is 225 g/mol. The largest absolute Gasteiger partial charge is 0.508 e. The number of likely N-dealkylation sites (N-methyl/N-ethyl adjacent to an activating group) is 1. The first kappa shape index (κ1) is 12.3. The molecule has 0 spiro atoms. The number of aromatic hydroxyl groups is 1. The fraction of sp³-hybridized carbons (Fsp3) is 0.400. The van der Waals surface area contributed by atoms with Crippen molar-refractivity contribution in [1.29, 1.82) is 0 Å². The lowest BCUT2D eigenvalue weighted by atomic mass is 10.4. The van der Waals surface area contributed by atoms with E-state index in [1.54, 1.807) is 0 Å². The first-order valence-corrected chi connectivity index (χ1v) is 4.81. The third-order valence-corrected chi connectivity index (χ3v) is 1.75. The van der Waals surface area contributed by atoms with Crippen molar-refractivity contribution in [2.75, 3.05) is 32.6 Å². The van der Waals surface area contributed by atoms with Crippen LogP contribution in [0.4, 0.5) is 10.6 Å². The molecule has 0 aliphatic carbocycles. The highest BCUT2D eigenvalue weighted by Crippen LogP contribution is 2.11.